The Balaban J connectivity index is 2.64. The minimum atomic E-state index is 0.167. The fourth-order valence-electron chi connectivity index (χ4n) is 1.80. The van der Waals surface area contributed by atoms with E-state index in [-0.39, 0.29) is 5.54 Å². The summed E-state index contributed by atoms with van der Waals surface area (Å²) < 4.78 is 0. The summed E-state index contributed by atoms with van der Waals surface area (Å²) in [6, 6.07) is 0. The molecule has 2 nitrogen and oxygen atoms in total. The van der Waals surface area contributed by atoms with Gasteiger partial charge in [-0.2, -0.15) is 11.8 Å². The van der Waals surface area contributed by atoms with Gasteiger partial charge in [0, 0.05) is 22.7 Å². The summed E-state index contributed by atoms with van der Waals surface area (Å²) in [5.41, 5.74) is 1.48. The van der Waals surface area contributed by atoms with Gasteiger partial charge in [0.2, 0.25) is 0 Å². The molecule has 0 spiro atoms. The van der Waals surface area contributed by atoms with Crippen molar-refractivity contribution in [2.24, 2.45) is 5.92 Å². The van der Waals surface area contributed by atoms with Crippen LogP contribution in [-0.2, 0) is 18.7 Å². The van der Waals surface area contributed by atoms with Crippen LogP contribution >= 0.6 is 23.1 Å². The molecule has 0 bridgehead atoms. The Morgan fingerprint density at radius 3 is 2.55 bits per heavy atom. The van der Waals surface area contributed by atoms with Crippen molar-refractivity contribution in [1.29, 1.82) is 0 Å². The predicted octanol–water partition coefficient (Wildman–Crippen LogP) is 4.87. The average Bonchev–Trinajstić information content (AvgIpc) is 2.68. The van der Waals surface area contributed by atoms with E-state index in [1.54, 1.807) is 0 Å². The van der Waals surface area contributed by atoms with Crippen LogP contribution in [0.3, 0.4) is 0 Å². The van der Waals surface area contributed by atoms with Crippen molar-refractivity contribution in [3.63, 3.8) is 0 Å². The highest BCUT2D eigenvalue weighted by atomic mass is 32.2. The van der Waals surface area contributed by atoms with E-state index in [2.05, 4.69) is 46.9 Å². The number of hydrogen-bond acceptors (Lipinski definition) is 4. The topological polar surface area (TPSA) is 24.9 Å². The Kier molecular flexibility index (Phi) is 7.56. The van der Waals surface area contributed by atoms with Gasteiger partial charge < -0.3 is 5.32 Å². The molecule has 0 aliphatic carbocycles. The molecular weight excluding hydrogens is 284 g/mol. The zero-order chi connectivity index (χ0) is 15.2. The van der Waals surface area contributed by atoms with Gasteiger partial charge in [-0.15, -0.1) is 11.3 Å². The van der Waals surface area contributed by atoms with Crippen LogP contribution in [0.5, 0.6) is 0 Å². The maximum absolute atomic E-state index is 4.86. The number of nitrogens with one attached hydrogen (secondary N) is 1. The van der Waals surface area contributed by atoms with Gasteiger partial charge in [0.25, 0.3) is 0 Å². The molecule has 0 aliphatic rings. The summed E-state index contributed by atoms with van der Waals surface area (Å²) in [7, 11) is 0. The normalized spacial score (nSPS) is 12.3. The minimum absolute atomic E-state index is 0.167. The second-order valence-electron chi connectivity index (χ2n) is 6.74. The van der Waals surface area contributed by atoms with Gasteiger partial charge in [-0.05, 0) is 38.9 Å². The van der Waals surface area contributed by atoms with Gasteiger partial charge in [-0.1, -0.05) is 27.2 Å². The van der Waals surface area contributed by atoms with Crippen LogP contribution in [0.4, 0.5) is 0 Å². The summed E-state index contributed by atoms with van der Waals surface area (Å²) in [6.07, 6.45) is 2.28. The fraction of sp³-hybridized carbons (Fsp3) is 0.812. The summed E-state index contributed by atoms with van der Waals surface area (Å²) in [5.74, 6) is 3.05. The van der Waals surface area contributed by atoms with Gasteiger partial charge >= 0.3 is 0 Å². The van der Waals surface area contributed by atoms with E-state index >= 15 is 0 Å². The highest BCUT2D eigenvalue weighted by Gasteiger charge is 2.14. The lowest BCUT2D eigenvalue weighted by molar-refractivity contribution is 0.425. The van der Waals surface area contributed by atoms with E-state index in [9.17, 15) is 0 Å². The van der Waals surface area contributed by atoms with Crippen LogP contribution in [0.2, 0.25) is 0 Å². The van der Waals surface area contributed by atoms with Gasteiger partial charge in [0.1, 0.15) is 5.01 Å². The Labute approximate surface area is 133 Å². The molecule has 0 saturated heterocycles. The zero-order valence-corrected chi connectivity index (χ0v) is 15.5. The first kappa shape index (κ1) is 18.0. The molecule has 4 heteroatoms. The first-order valence-corrected chi connectivity index (χ1v) is 9.59. The highest BCUT2D eigenvalue weighted by Crippen LogP contribution is 2.25. The quantitative estimate of drug-likeness (QED) is 0.741. The summed E-state index contributed by atoms with van der Waals surface area (Å²) in [5, 5.41) is 4.88. The molecule has 0 aliphatic heterocycles. The van der Waals surface area contributed by atoms with Gasteiger partial charge in [0.15, 0.2) is 0 Å². The number of rotatable bonds is 8. The number of aryl methyl sites for hydroxylation is 1. The highest BCUT2D eigenvalue weighted by molar-refractivity contribution is 7.98. The number of thiazole rings is 1. The standard InChI is InChI=1S/C16H30N2S2/c1-7-8-13-14(9-17-16(4,5)6)20-15(18-13)11-19-10-12(2)3/h12,17H,7-11H2,1-6H3. The lowest BCUT2D eigenvalue weighted by atomic mass is 10.1. The van der Waals surface area contributed by atoms with Crippen molar-refractivity contribution in [2.45, 2.75) is 72.2 Å². The van der Waals surface area contributed by atoms with Gasteiger partial charge in [-0.25, -0.2) is 4.98 Å². The van der Waals surface area contributed by atoms with E-state index in [1.165, 1.54) is 27.8 Å². The van der Waals surface area contributed by atoms with Crippen LogP contribution in [-0.4, -0.2) is 16.3 Å². The van der Waals surface area contributed by atoms with Gasteiger partial charge in [-0.3, -0.25) is 0 Å². The maximum atomic E-state index is 4.86. The molecule has 0 radical (unpaired) electrons. The maximum Gasteiger partial charge on any atom is 0.103 e. The number of hydrogen-bond donors (Lipinski definition) is 1. The molecule has 116 valence electrons. The molecule has 1 aromatic rings. The van der Waals surface area contributed by atoms with E-state index in [1.807, 2.05) is 23.1 Å². The summed E-state index contributed by atoms with van der Waals surface area (Å²) in [4.78, 5) is 6.29. The fourth-order valence-corrected chi connectivity index (χ4v) is 3.96. The SMILES string of the molecule is CCCc1nc(CSCC(C)C)sc1CNC(C)(C)C. The molecule has 20 heavy (non-hydrogen) atoms. The molecule has 1 N–H and O–H groups in total. The number of nitrogens with zero attached hydrogens (tertiary/aromatic N) is 1. The average molecular weight is 315 g/mol. The van der Waals surface area contributed by atoms with Crippen molar-refractivity contribution in [3.8, 4) is 0 Å². The van der Waals surface area contributed by atoms with E-state index in [4.69, 9.17) is 4.98 Å². The van der Waals surface area contributed by atoms with Gasteiger partial charge in [0.05, 0.1) is 5.69 Å². The minimum Gasteiger partial charge on any atom is -0.307 e. The molecule has 0 amide bonds. The monoisotopic (exact) mass is 314 g/mol. The Hall–Kier alpha value is -0.0600. The molecule has 1 aromatic heterocycles. The van der Waals surface area contributed by atoms with Crippen LogP contribution in [0.25, 0.3) is 0 Å². The van der Waals surface area contributed by atoms with Crippen LogP contribution in [0.15, 0.2) is 0 Å². The molecule has 0 fully saturated rings. The predicted molar refractivity (Wildman–Crippen MR) is 93.7 cm³/mol. The molecule has 0 unspecified atom stereocenters. The van der Waals surface area contributed by atoms with Crippen molar-refractivity contribution in [2.75, 3.05) is 5.75 Å². The Morgan fingerprint density at radius 1 is 1.30 bits per heavy atom. The molecule has 0 saturated carbocycles. The van der Waals surface area contributed by atoms with E-state index in [0.717, 1.165) is 24.6 Å². The van der Waals surface area contributed by atoms with Crippen molar-refractivity contribution in [3.05, 3.63) is 15.6 Å². The van der Waals surface area contributed by atoms with Crippen molar-refractivity contribution < 1.29 is 0 Å². The number of thioether (sulfide) groups is 1. The largest absolute Gasteiger partial charge is 0.307 e. The zero-order valence-electron chi connectivity index (χ0n) is 13.9. The first-order chi connectivity index (χ1) is 9.31. The third-order valence-corrected chi connectivity index (χ3v) is 5.43. The third-order valence-electron chi connectivity index (χ3n) is 2.77. The Morgan fingerprint density at radius 2 is 2.00 bits per heavy atom. The molecular formula is C16H30N2S2. The van der Waals surface area contributed by atoms with Crippen LogP contribution in [0, 0.1) is 5.92 Å². The molecule has 0 aromatic carbocycles. The second-order valence-corrected chi connectivity index (χ2v) is 8.94. The lowest BCUT2D eigenvalue weighted by Crippen LogP contribution is -2.35. The van der Waals surface area contributed by atoms with Crippen molar-refractivity contribution in [1.82, 2.24) is 10.3 Å². The second kappa shape index (κ2) is 8.40. The first-order valence-electron chi connectivity index (χ1n) is 7.62. The number of aromatic nitrogens is 1. The molecule has 1 heterocycles. The van der Waals surface area contributed by atoms with E-state index < -0.39 is 0 Å². The van der Waals surface area contributed by atoms with E-state index in [0.29, 0.717) is 0 Å². The third kappa shape index (κ3) is 7.09. The van der Waals surface area contributed by atoms with Crippen LogP contribution in [0.1, 0.15) is 63.5 Å². The smallest absolute Gasteiger partial charge is 0.103 e. The molecule has 0 atom stereocenters. The summed E-state index contributed by atoms with van der Waals surface area (Å²) >= 11 is 3.90. The Bertz CT molecular complexity index is 392. The summed E-state index contributed by atoms with van der Waals surface area (Å²) in [6.45, 7) is 14.4. The van der Waals surface area contributed by atoms with Crippen LogP contribution < -0.4 is 5.32 Å². The lowest BCUT2D eigenvalue weighted by Gasteiger charge is -2.20. The van der Waals surface area contributed by atoms with Crippen molar-refractivity contribution >= 4 is 23.1 Å². The molecule has 1 rings (SSSR count).